The van der Waals surface area contributed by atoms with E-state index in [1.807, 2.05) is 70.2 Å². The fourth-order valence-electron chi connectivity index (χ4n) is 1.41. The third-order valence-electron chi connectivity index (χ3n) is 2.21. The van der Waals surface area contributed by atoms with Crippen molar-refractivity contribution in [2.24, 2.45) is 0 Å². The quantitative estimate of drug-likeness (QED) is 0.754. The SMILES string of the molecule is CC.CC.O=C(Cc1ccncc1)c1ccccc1. The van der Waals surface area contributed by atoms with Gasteiger partial charge in [0, 0.05) is 24.4 Å². The van der Waals surface area contributed by atoms with E-state index in [-0.39, 0.29) is 5.78 Å². The second-order valence-corrected chi connectivity index (χ2v) is 3.32. The minimum absolute atomic E-state index is 0.141. The second-order valence-electron chi connectivity index (χ2n) is 3.32. The summed E-state index contributed by atoms with van der Waals surface area (Å²) in [6, 6.07) is 13.1. The summed E-state index contributed by atoms with van der Waals surface area (Å²) in [5.41, 5.74) is 1.76. The summed E-state index contributed by atoms with van der Waals surface area (Å²) in [6.45, 7) is 8.00. The van der Waals surface area contributed by atoms with Gasteiger partial charge >= 0.3 is 0 Å². The maximum Gasteiger partial charge on any atom is 0.167 e. The zero-order valence-electron chi connectivity index (χ0n) is 12.3. The summed E-state index contributed by atoms with van der Waals surface area (Å²) in [4.78, 5) is 15.7. The minimum Gasteiger partial charge on any atom is -0.294 e. The molecule has 0 N–H and O–H groups in total. The molecule has 0 aliphatic rings. The Morgan fingerprint density at radius 2 is 1.42 bits per heavy atom. The number of pyridine rings is 1. The van der Waals surface area contributed by atoms with Crippen LogP contribution in [0.15, 0.2) is 54.9 Å². The highest BCUT2D eigenvalue weighted by Gasteiger charge is 2.05. The van der Waals surface area contributed by atoms with Crippen LogP contribution in [0.3, 0.4) is 0 Å². The van der Waals surface area contributed by atoms with Gasteiger partial charge in [-0.05, 0) is 17.7 Å². The molecule has 0 aliphatic heterocycles. The second kappa shape index (κ2) is 11.1. The lowest BCUT2D eigenvalue weighted by atomic mass is 10.0. The lowest BCUT2D eigenvalue weighted by Crippen LogP contribution is -2.02. The maximum atomic E-state index is 11.8. The monoisotopic (exact) mass is 257 g/mol. The van der Waals surface area contributed by atoms with Crippen LogP contribution in [0, 0.1) is 0 Å². The van der Waals surface area contributed by atoms with Gasteiger partial charge in [-0.3, -0.25) is 9.78 Å². The number of ketones is 1. The van der Waals surface area contributed by atoms with Crippen molar-refractivity contribution in [3.63, 3.8) is 0 Å². The van der Waals surface area contributed by atoms with Gasteiger partial charge in [0.1, 0.15) is 0 Å². The molecule has 2 nitrogen and oxygen atoms in total. The Bertz CT molecular complexity index is 437. The van der Waals surface area contributed by atoms with Crippen LogP contribution in [0.1, 0.15) is 43.6 Å². The molecule has 0 spiro atoms. The van der Waals surface area contributed by atoms with E-state index < -0.39 is 0 Å². The summed E-state index contributed by atoms with van der Waals surface area (Å²) >= 11 is 0. The van der Waals surface area contributed by atoms with Gasteiger partial charge in [-0.1, -0.05) is 58.0 Å². The summed E-state index contributed by atoms with van der Waals surface area (Å²) in [7, 11) is 0. The molecule has 0 fully saturated rings. The van der Waals surface area contributed by atoms with Crippen molar-refractivity contribution in [1.29, 1.82) is 0 Å². The van der Waals surface area contributed by atoms with Gasteiger partial charge in [-0.2, -0.15) is 0 Å². The van der Waals surface area contributed by atoms with Crippen LogP contribution >= 0.6 is 0 Å². The molecule has 19 heavy (non-hydrogen) atoms. The van der Waals surface area contributed by atoms with Gasteiger partial charge in [-0.25, -0.2) is 0 Å². The smallest absolute Gasteiger partial charge is 0.167 e. The molecule has 0 aliphatic carbocycles. The zero-order chi connectivity index (χ0) is 14.5. The van der Waals surface area contributed by atoms with E-state index in [0.717, 1.165) is 11.1 Å². The molecule has 0 radical (unpaired) electrons. The molecule has 102 valence electrons. The van der Waals surface area contributed by atoms with Crippen molar-refractivity contribution in [1.82, 2.24) is 4.98 Å². The number of aromatic nitrogens is 1. The van der Waals surface area contributed by atoms with E-state index in [9.17, 15) is 4.79 Å². The topological polar surface area (TPSA) is 30.0 Å². The molecule has 1 aromatic heterocycles. The molecule has 2 heteroatoms. The predicted octanol–water partition coefficient (Wildman–Crippen LogP) is 4.56. The minimum atomic E-state index is 0.141. The molecular formula is C17H23NO. The number of carbonyl (C=O) groups is 1. The number of hydrogen-bond donors (Lipinski definition) is 0. The number of hydrogen-bond acceptors (Lipinski definition) is 2. The summed E-state index contributed by atoms with van der Waals surface area (Å²) < 4.78 is 0. The van der Waals surface area contributed by atoms with E-state index in [2.05, 4.69) is 4.98 Å². The van der Waals surface area contributed by atoms with Gasteiger partial charge in [0.15, 0.2) is 5.78 Å². The standard InChI is InChI=1S/C13H11NO.2C2H6/c15-13(12-4-2-1-3-5-12)10-11-6-8-14-9-7-11;2*1-2/h1-9H,10H2;2*1-2H3. The van der Waals surface area contributed by atoms with E-state index >= 15 is 0 Å². The fraction of sp³-hybridized carbons (Fsp3) is 0.294. The van der Waals surface area contributed by atoms with Crippen LogP contribution in [0.25, 0.3) is 0 Å². The third-order valence-corrected chi connectivity index (χ3v) is 2.21. The number of carbonyl (C=O) groups excluding carboxylic acids is 1. The molecule has 2 rings (SSSR count). The van der Waals surface area contributed by atoms with Crippen molar-refractivity contribution in [2.75, 3.05) is 0 Å². The van der Waals surface area contributed by atoms with Gasteiger partial charge in [0.05, 0.1) is 0 Å². The van der Waals surface area contributed by atoms with Crippen molar-refractivity contribution in [2.45, 2.75) is 34.1 Å². The Morgan fingerprint density at radius 3 is 1.95 bits per heavy atom. The lowest BCUT2D eigenvalue weighted by molar-refractivity contribution is 0.0993. The highest BCUT2D eigenvalue weighted by atomic mass is 16.1. The largest absolute Gasteiger partial charge is 0.294 e. The Kier molecular flexibility index (Phi) is 10.00. The molecule has 0 saturated heterocycles. The first kappa shape index (κ1) is 17.0. The van der Waals surface area contributed by atoms with Crippen LogP contribution in [0.5, 0.6) is 0 Å². The number of rotatable bonds is 3. The molecule has 0 atom stereocenters. The molecule has 1 heterocycles. The van der Waals surface area contributed by atoms with Crippen molar-refractivity contribution >= 4 is 5.78 Å². The van der Waals surface area contributed by atoms with E-state index in [1.165, 1.54) is 0 Å². The van der Waals surface area contributed by atoms with Gasteiger partial charge in [0.2, 0.25) is 0 Å². The first-order valence-corrected chi connectivity index (χ1v) is 6.83. The molecular weight excluding hydrogens is 234 g/mol. The Hall–Kier alpha value is -1.96. The first-order chi connectivity index (χ1) is 9.36. The van der Waals surface area contributed by atoms with Crippen LogP contribution in [0.2, 0.25) is 0 Å². The van der Waals surface area contributed by atoms with E-state index in [4.69, 9.17) is 0 Å². The number of nitrogens with zero attached hydrogens (tertiary/aromatic N) is 1. The average molecular weight is 257 g/mol. The lowest BCUT2D eigenvalue weighted by Gasteiger charge is -2.00. The highest BCUT2D eigenvalue weighted by molar-refractivity contribution is 5.97. The number of Topliss-reactive ketones (excluding diaryl/α,β-unsaturated/α-hetero) is 1. The molecule has 1 aromatic carbocycles. The van der Waals surface area contributed by atoms with Crippen molar-refractivity contribution in [3.8, 4) is 0 Å². The van der Waals surface area contributed by atoms with Crippen LogP contribution in [-0.4, -0.2) is 10.8 Å². The van der Waals surface area contributed by atoms with Crippen LogP contribution in [-0.2, 0) is 6.42 Å². The molecule has 0 unspecified atom stereocenters. The number of benzene rings is 1. The van der Waals surface area contributed by atoms with Gasteiger partial charge < -0.3 is 0 Å². The van der Waals surface area contributed by atoms with Crippen molar-refractivity contribution in [3.05, 3.63) is 66.0 Å². The molecule has 2 aromatic rings. The van der Waals surface area contributed by atoms with Gasteiger partial charge in [-0.15, -0.1) is 0 Å². The predicted molar refractivity (Wildman–Crippen MR) is 81.4 cm³/mol. The van der Waals surface area contributed by atoms with E-state index in [0.29, 0.717) is 6.42 Å². The Morgan fingerprint density at radius 1 is 0.895 bits per heavy atom. The van der Waals surface area contributed by atoms with Gasteiger partial charge in [0.25, 0.3) is 0 Å². The summed E-state index contributed by atoms with van der Waals surface area (Å²) in [5, 5.41) is 0. The summed E-state index contributed by atoms with van der Waals surface area (Å²) in [5.74, 6) is 0.141. The Balaban J connectivity index is 0.000000741. The van der Waals surface area contributed by atoms with E-state index in [1.54, 1.807) is 12.4 Å². The fourth-order valence-corrected chi connectivity index (χ4v) is 1.41. The zero-order valence-corrected chi connectivity index (χ0v) is 12.3. The molecule has 0 amide bonds. The third kappa shape index (κ3) is 6.51. The first-order valence-electron chi connectivity index (χ1n) is 6.83. The molecule has 0 saturated carbocycles. The van der Waals surface area contributed by atoms with Crippen LogP contribution in [0.4, 0.5) is 0 Å². The normalized spacial score (nSPS) is 8.42. The molecule has 0 bridgehead atoms. The van der Waals surface area contributed by atoms with Crippen molar-refractivity contribution < 1.29 is 4.79 Å². The van der Waals surface area contributed by atoms with Crippen LogP contribution < -0.4 is 0 Å². The Labute approximate surface area is 116 Å². The highest BCUT2D eigenvalue weighted by Crippen LogP contribution is 2.06. The summed E-state index contributed by atoms with van der Waals surface area (Å²) in [6.07, 6.45) is 3.84. The average Bonchev–Trinajstić information content (AvgIpc) is 2.53. The maximum absolute atomic E-state index is 11.8.